The Labute approximate surface area is 105 Å². The van der Waals surface area contributed by atoms with E-state index in [4.69, 9.17) is 10.8 Å². The topological polar surface area (TPSA) is 95.7 Å². The van der Waals surface area contributed by atoms with Gasteiger partial charge in [-0.05, 0) is 31.3 Å². The number of nitrogens with one attached hydrogen (secondary N) is 1. The number of likely N-dealkylation sites (N-methyl/N-ethyl adjacent to an activating group) is 1. The van der Waals surface area contributed by atoms with Crippen LogP contribution >= 0.6 is 0 Å². The summed E-state index contributed by atoms with van der Waals surface area (Å²) >= 11 is 0. The van der Waals surface area contributed by atoms with E-state index in [0.29, 0.717) is 17.9 Å². The van der Waals surface area contributed by atoms with Crippen molar-refractivity contribution in [3.63, 3.8) is 0 Å². The molecule has 0 aromatic heterocycles. The maximum absolute atomic E-state index is 11.6. The fraction of sp³-hybridized carbons (Fsp3) is 0.333. The number of nitrogens with two attached hydrogens (primary N) is 1. The molecule has 1 aromatic rings. The predicted molar refractivity (Wildman–Crippen MR) is 69.2 cm³/mol. The molecule has 1 rings (SSSR count). The molecular formula is C12H17N3O3. The van der Waals surface area contributed by atoms with Gasteiger partial charge in [0.05, 0.1) is 13.0 Å². The van der Waals surface area contributed by atoms with Gasteiger partial charge in [-0.3, -0.25) is 14.5 Å². The summed E-state index contributed by atoms with van der Waals surface area (Å²) < 4.78 is 0. The normalized spacial score (nSPS) is 10.3. The lowest BCUT2D eigenvalue weighted by Crippen LogP contribution is -2.31. The molecule has 0 spiro atoms. The number of carboxylic acid groups (broad SMARTS) is 1. The monoisotopic (exact) mass is 251 g/mol. The van der Waals surface area contributed by atoms with Gasteiger partial charge in [-0.1, -0.05) is 0 Å². The van der Waals surface area contributed by atoms with Crippen LogP contribution in [-0.4, -0.2) is 42.0 Å². The first-order valence-corrected chi connectivity index (χ1v) is 5.53. The van der Waals surface area contributed by atoms with Gasteiger partial charge in [-0.2, -0.15) is 0 Å². The Kier molecular flexibility index (Phi) is 5.13. The first kappa shape index (κ1) is 14.0. The van der Waals surface area contributed by atoms with Crippen molar-refractivity contribution in [1.29, 1.82) is 0 Å². The lowest BCUT2D eigenvalue weighted by molar-refractivity contribution is -0.137. The highest BCUT2D eigenvalue weighted by atomic mass is 16.4. The first-order valence-electron chi connectivity index (χ1n) is 5.53. The Morgan fingerprint density at radius 2 is 1.94 bits per heavy atom. The van der Waals surface area contributed by atoms with Gasteiger partial charge in [0.15, 0.2) is 0 Å². The summed E-state index contributed by atoms with van der Waals surface area (Å²) in [5, 5.41) is 11.2. The largest absolute Gasteiger partial charge is 0.481 e. The van der Waals surface area contributed by atoms with E-state index in [9.17, 15) is 9.59 Å². The van der Waals surface area contributed by atoms with Crippen LogP contribution in [0.5, 0.6) is 0 Å². The number of benzene rings is 1. The summed E-state index contributed by atoms with van der Waals surface area (Å²) in [6.07, 6.45) is 0.0195. The van der Waals surface area contributed by atoms with Crippen LogP contribution in [0.15, 0.2) is 24.3 Å². The zero-order valence-electron chi connectivity index (χ0n) is 10.2. The van der Waals surface area contributed by atoms with E-state index in [0.717, 1.165) is 0 Å². The molecule has 0 fully saturated rings. The Balaban J connectivity index is 2.37. The highest BCUT2D eigenvalue weighted by Crippen LogP contribution is 2.10. The van der Waals surface area contributed by atoms with Crippen LogP contribution in [0.2, 0.25) is 0 Å². The Bertz CT molecular complexity index is 417. The second kappa shape index (κ2) is 6.61. The molecule has 0 unspecified atom stereocenters. The van der Waals surface area contributed by atoms with E-state index in [1.807, 2.05) is 0 Å². The molecule has 0 aliphatic rings. The van der Waals surface area contributed by atoms with E-state index in [1.54, 1.807) is 36.2 Å². The van der Waals surface area contributed by atoms with Crippen molar-refractivity contribution in [3.8, 4) is 0 Å². The van der Waals surface area contributed by atoms with Gasteiger partial charge in [0.25, 0.3) is 0 Å². The molecule has 1 amide bonds. The maximum atomic E-state index is 11.6. The zero-order valence-corrected chi connectivity index (χ0v) is 10.2. The average molecular weight is 251 g/mol. The third-order valence-corrected chi connectivity index (χ3v) is 2.32. The number of hydrogen-bond donors (Lipinski definition) is 3. The number of hydrogen-bond acceptors (Lipinski definition) is 4. The van der Waals surface area contributed by atoms with Crippen LogP contribution in [-0.2, 0) is 9.59 Å². The number of amides is 1. The molecule has 6 nitrogen and oxygen atoms in total. The van der Waals surface area contributed by atoms with Crippen molar-refractivity contribution in [2.75, 3.05) is 31.2 Å². The number of nitrogens with zero attached hydrogens (tertiary/aromatic N) is 1. The molecule has 18 heavy (non-hydrogen) atoms. The molecule has 1 aromatic carbocycles. The fourth-order valence-electron chi connectivity index (χ4n) is 1.38. The minimum absolute atomic E-state index is 0.0195. The minimum Gasteiger partial charge on any atom is -0.481 e. The van der Waals surface area contributed by atoms with Gasteiger partial charge >= 0.3 is 5.97 Å². The number of anilines is 2. The lowest BCUT2D eigenvalue weighted by atomic mass is 10.3. The number of nitrogen functional groups attached to an aromatic ring is 1. The molecular weight excluding hydrogens is 234 g/mol. The van der Waals surface area contributed by atoms with Gasteiger partial charge in [-0.25, -0.2) is 0 Å². The van der Waals surface area contributed by atoms with E-state index in [-0.39, 0.29) is 18.9 Å². The van der Waals surface area contributed by atoms with Gasteiger partial charge < -0.3 is 16.2 Å². The molecule has 0 radical (unpaired) electrons. The second-order valence-corrected chi connectivity index (χ2v) is 4.05. The third-order valence-electron chi connectivity index (χ3n) is 2.32. The van der Waals surface area contributed by atoms with Gasteiger partial charge in [-0.15, -0.1) is 0 Å². The van der Waals surface area contributed by atoms with Crippen LogP contribution in [0.3, 0.4) is 0 Å². The summed E-state index contributed by atoms with van der Waals surface area (Å²) in [7, 11) is 1.70. The summed E-state index contributed by atoms with van der Waals surface area (Å²) in [6.45, 7) is 0.488. The third kappa shape index (κ3) is 5.31. The molecule has 0 heterocycles. The van der Waals surface area contributed by atoms with E-state index >= 15 is 0 Å². The number of carboxylic acids is 1. The number of rotatable bonds is 6. The first-order chi connectivity index (χ1) is 8.47. The van der Waals surface area contributed by atoms with Gasteiger partial charge in [0, 0.05) is 17.9 Å². The van der Waals surface area contributed by atoms with E-state index < -0.39 is 5.97 Å². The van der Waals surface area contributed by atoms with Crippen LogP contribution < -0.4 is 11.1 Å². The average Bonchev–Trinajstić information content (AvgIpc) is 2.29. The van der Waals surface area contributed by atoms with Crippen molar-refractivity contribution in [3.05, 3.63) is 24.3 Å². The van der Waals surface area contributed by atoms with Crippen LogP contribution in [0.4, 0.5) is 11.4 Å². The quantitative estimate of drug-likeness (QED) is 0.644. The second-order valence-electron chi connectivity index (χ2n) is 4.05. The molecule has 0 saturated carbocycles. The summed E-state index contributed by atoms with van der Waals surface area (Å²) in [4.78, 5) is 23.6. The predicted octanol–water partition coefficient (Wildman–Crippen LogP) is 0.614. The molecule has 6 heteroatoms. The number of carbonyl (C=O) groups excluding carboxylic acids is 1. The highest BCUT2D eigenvalue weighted by molar-refractivity contribution is 5.92. The summed E-state index contributed by atoms with van der Waals surface area (Å²) in [6, 6.07) is 6.82. The van der Waals surface area contributed by atoms with Crippen molar-refractivity contribution >= 4 is 23.3 Å². The van der Waals surface area contributed by atoms with Gasteiger partial charge in [0.2, 0.25) is 5.91 Å². The molecule has 0 aliphatic carbocycles. The molecule has 0 saturated heterocycles. The molecule has 98 valence electrons. The highest BCUT2D eigenvalue weighted by Gasteiger charge is 2.08. The molecule has 4 N–H and O–H groups in total. The van der Waals surface area contributed by atoms with Crippen molar-refractivity contribution in [2.45, 2.75) is 6.42 Å². The summed E-state index contributed by atoms with van der Waals surface area (Å²) in [5.74, 6) is -1.06. The maximum Gasteiger partial charge on any atom is 0.304 e. The fourth-order valence-corrected chi connectivity index (χ4v) is 1.38. The van der Waals surface area contributed by atoms with Crippen LogP contribution in [0.25, 0.3) is 0 Å². The molecule has 0 aliphatic heterocycles. The lowest BCUT2D eigenvalue weighted by Gasteiger charge is -2.15. The SMILES string of the molecule is CN(CCC(=O)O)CC(=O)Nc1ccc(N)cc1. The standard InChI is InChI=1S/C12H17N3O3/c1-15(7-6-12(17)18)8-11(16)14-10-4-2-9(13)3-5-10/h2-5H,6-8,13H2,1H3,(H,14,16)(H,17,18). The molecule has 0 bridgehead atoms. The van der Waals surface area contributed by atoms with Crippen LogP contribution in [0, 0.1) is 0 Å². The van der Waals surface area contributed by atoms with E-state index in [1.165, 1.54) is 0 Å². The van der Waals surface area contributed by atoms with Crippen LogP contribution in [0.1, 0.15) is 6.42 Å². The van der Waals surface area contributed by atoms with E-state index in [2.05, 4.69) is 5.32 Å². The smallest absolute Gasteiger partial charge is 0.304 e. The van der Waals surface area contributed by atoms with Crippen molar-refractivity contribution < 1.29 is 14.7 Å². The zero-order chi connectivity index (χ0) is 13.5. The summed E-state index contributed by atoms with van der Waals surface area (Å²) in [5.41, 5.74) is 6.83. The Morgan fingerprint density at radius 3 is 2.50 bits per heavy atom. The van der Waals surface area contributed by atoms with Crippen molar-refractivity contribution in [1.82, 2.24) is 4.90 Å². The molecule has 0 atom stereocenters. The Hall–Kier alpha value is -2.08. The van der Waals surface area contributed by atoms with Crippen molar-refractivity contribution in [2.24, 2.45) is 0 Å². The number of aliphatic carboxylic acids is 1. The number of carbonyl (C=O) groups is 2. The Morgan fingerprint density at radius 1 is 1.33 bits per heavy atom. The minimum atomic E-state index is -0.874. The van der Waals surface area contributed by atoms with Gasteiger partial charge in [0.1, 0.15) is 0 Å².